The summed E-state index contributed by atoms with van der Waals surface area (Å²) < 4.78 is 35.7. The number of rotatable bonds is 4. The molecule has 1 rings (SSSR count). The van der Waals surface area contributed by atoms with Crippen LogP contribution < -0.4 is 5.32 Å². The van der Waals surface area contributed by atoms with Crippen LogP contribution in [0.3, 0.4) is 0 Å². The van der Waals surface area contributed by atoms with Crippen molar-refractivity contribution < 1.29 is 18.0 Å². The number of amides is 1. The number of alkyl halides is 3. The van der Waals surface area contributed by atoms with Gasteiger partial charge in [0.15, 0.2) is 0 Å². The first-order valence-corrected chi connectivity index (χ1v) is 5.40. The van der Waals surface area contributed by atoms with Crippen LogP contribution in [0.4, 0.5) is 13.2 Å². The van der Waals surface area contributed by atoms with Crippen molar-refractivity contribution in [3.8, 4) is 0 Å². The lowest BCUT2D eigenvalue weighted by molar-refractivity contribution is -0.139. The van der Waals surface area contributed by atoms with Crippen molar-refractivity contribution in [2.75, 3.05) is 13.2 Å². The van der Waals surface area contributed by atoms with Crippen molar-refractivity contribution in [3.05, 3.63) is 0 Å². The van der Waals surface area contributed by atoms with Gasteiger partial charge in [0.2, 0.25) is 5.91 Å². The Bertz CT molecular complexity index is 253. The normalized spacial score (nSPS) is 22.2. The lowest BCUT2D eigenvalue weighted by Gasteiger charge is -2.17. The molecule has 1 saturated heterocycles. The molecule has 0 aliphatic carbocycles. The van der Waals surface area contributed by atoms with Crippen LogP contribution in [-0.4, -0.2) is 36.2 Å². The Labute approximate surface area is 93.0 Å². The zero-order chi connectivity index (χ0) is 12.3. The maximum Gasteiger partial charge on any atom is 0.389 e. The van der Waals surface area contributed by atoms with E-state index in [0.29, 0.717) is 6.67 Å². The topological polar surface area (TPSA) is 32.3 Å². The largest absolute Gasteiger partial charge is 0.389 e. The highest BCUT2D eigenvalue weighted by Gasteiger charge is 2.33. The molecule has 1 atom stereocenters. The molecule has 16 heavy (non-hydrogen) atoms. The maximum atomic E-state index is 11.9. The Morgan fingerprint density at radius 3 is 2.56 bits per heavy atom. The standard InChI is InChI=1S/C10H17F3N2O/c1-7(2)8-9(16)15(6-14-8)5-3-4-10(11,12)13/h7-8,14H,3-6H2,1-2H3. The van der Waals surface area contributed by atoms with Gasteiger partial charge < -0.3 is 4.90 Å². The summed E-state index contributed by atoms with van der Waals surface area (Å²) in [6.07, 6.45) is -4.99. The molecule has 0 saturated carbocycles. The zero-order valence-corrected chi connectivity index (χ0v) is 9.47. The lowest BCUT2D eigenvalue weighted by Crippen LogP contribution is -2.35. The smallest absolute Gasteiger partial charge is 0.329 e. The first-order valence-electron chi connectivity index (χ1n) is 5.40. The monoisotopic (exact) mass is 238 g/mol. The molecule has 1 aliphatic heterocycles. The summed E-state index contributed by atoms with van der Waals surface area (Å²) >= 11 is 0. The highest BCUT2D eigenvalue weighted by Crippen LogP contribution is 2.22. The number of halogens is 3. The first kappa shape index (κ1) is 13.3. The summed E-state index contributed by atoms with van der Waals surface area (Å²) in [6, 6.07) is -0.245. The molecule has 1 fully saturated rings. The molecule has 0 radical (unpaired) electrons. The van der Waals surface area contributed by atoms with Gasteiger partial charge in [-0.1, -0.05) is 13.8 Å². The Hall–Kier alpha value is -0.780. The summed E-state index contributed by atoms with van der Waals surface area (Å²) in [7, 11) is 0. The third-order valence-electron chi connectivity index (χ3n) is 2.63. The van der Waals surface area contributed by atoms with Crippen molar-refractivity contribution in [1.82, 2.24) is 10.2 Å². The van der Waals surface area contributed by atoms with Gasteiger partial charge >= 0.3 is 6.18 Å². The third kappa shape index (κ3) is 3.66. The quantitative estimate of drug-likeness (QED) is 0.809. The number of hydrogen-bond donors (Lipinski definition) is 1. The molecule has 94 valence electrons. The molecule has 1 aliphatic rings. The van der Waals surface area contributed by atoms with E-state index in [-0.39, 0.29) is 30.8 Å². The molecule has 0 spiro atoms. The van der Waals surface area contributed by atoms with E-state index in [1.54, 1.807) is 0 Å². The van der Waals surface area contributed by atoms with Gasteiger partial charge in [-0.3, -0.25) is 10.1 Å². The van der Waals surface area contributed by atoms with E-state index in [9.17, 15) is 18.0 Å². The van der Waals surface area contributed by atoms with Gasteiger partial charge in [0.25, 0.3) is 0 Å². The van der Waals surface area contributed by atoms with Gasteiger partial charge in [0.1, 0.15) is 0 Å². The number of nitrogens with one attached hydrogen (secondary N) is 1. The zero-order valence-electron chi connectivity index (χ0n) is 9.47. The molecule has 6 heteroatoms. The summed E-state index contributed by atoms with van der Waals surface area (Å²) in [6.45, 7) is 4.36. The van der Waals surface area contributed by atoms with Crippen LogP contribution in [0.2, 0.25) is 0 Å². The van der Waals surface area contributed by atoms with E-state index in [0.717, 1.165) is 0 Å². The minimum absolute atomic E-state index is 0.0261. The molecule has 1 amide bonds. The van der Waals surface area contributed by atoms with E-state index >= 15 is 0 Å². The second kappa shape index (κ2) is 5.03. The first-order chi connectivity index (χ1) is 7.31. The predicted molar refractivity (Wildman–Crippen MR) is 53.6 cm³/mol. The summed E-state index contributed by atoms with van der Waals surface area (Å²) in [4.78, 5) is 13.1. The molecular formula is C10H17F3N2O. The molecule has 1 heterocycles. The van der Waals surface area contributed by atoms with E-state index in [2.05, 4.69) is 5.32 Å². The molecule has 0 aromatic rings. The molecule has 0 aromatic heterocycles. The highest BCUT2D eigenvalue weighted by atomic mass is 19.4. The van der Waals surface area contributed by atoms with Crippen LogP contribution in [0.1, 0.15) is 26.7 Å². The van der Waals surface area contributed by atoms with Gasteiger partial charge in [-0.25, -0.2) is 0 Å². The average molecular weight is 238 g/mol. The minimum atomic E-state index is -4.13. The Morgan fingerprint density at radius 1 is 1.50 bits per heavy atom. The fourth-order valence-corrected chi connectivity index (χ4v) is 1.75. The van der Waals surface area contributed by atoms with Gasteiger partial charge in [-0.2, -0.15) is 13.2 Å². The van der Waals surface area contributed by atoms with Crippen LogP contribution in [0, 0.1) is 5.92 Å². The van der Waals surface area contributed by atoms with Crippen molar-refractivity contribution >= 4 is 5.91 Å². The van der Waals surface area contributed by atoms with E-state index in [4.69, 9.17) is 0 Å². The lowest BCUT2D eigenvalue weighted by atomic mass is 10.1. The van der Waals surface area contributed by atoms with Gasteiger partial charge in [0.05, 0.1) is 12.7 Å². The Balaban J connectivity index is 2.32. The molecule has 0 aromatic carbocycles. The predicted octanol–water partition coefficient (Wildman–Crippen LogP) is 1.74. The molecule has 0 bridgehead atoms. The van der Waals surface area contributed by atoms with Crippen molar-refractivity contribution in [2.45, 2.75) is 38.9 Å². The summed E-state index contributed by atoms with van der Waals surface area (Å²) in [5, 5.41) is 3.00. The molecule has 1 unspecified atom stereocenters. The van der Waals surface area contributed by atoms with Crippen molar-refractivity contribution in [2.24, 2.45) is 5.92 Å². The fraction of sp³-hybridized carbons (Fsp3) is 0.900. The summed E-state index contributed by atoms with van der Waals surface area (Å²) in [5.74, 6) is 0.0808. The van der Waals surface area contributed by atoms with Crippen LogP contribution in [0.25, 0.3) is 0 Å². The van der Waals surface area contributed by atoms with Crippen molar-refractivity contribution in [3.63, 3.8) is 0 Å². The van der Waals surface area contributed by atoms with E-state index in [1.807, 2.05) is 13.8 Å². The Morgan fingerprint density at radius 2 is 2.12 bits per heavy atom. The van der Waals surface area contributed by atoms with Crippen LogP contribution in [0.15, 0.2) is 0 Å². The number of hydrogen-bond acceptors (Lipinski definition) is 2. The maximum absolute atomic E-state index is 11.9. The molecule has 3 nitrogen and oxygen atoms in total. The number of nitrogens with zero attached hydrogens (tertiary/aromatic N) is 1. The van der Waals surface area contributed by atoms with Crippen LogP contribution >= 0.6 is 0 Å². The van der Waals surface area contributed by atoms with Gasteiger partial charge in [-0.15, -0.1) is 0 Å². The second-order valence-corrected chi connectivity index (χ2v) is 4.40. The average Bonchev–Trinajstić information content (AvgIpc) is 2.46. The van der Waals surface area contributed by atoms with Crippen molar-refractivity contribution in [1.29, 1.82) is 0 Å². The molecular weight excluding hydrogens is 221 g/mol. The minimum Gasteiger partial charge on any atom is -0.329 e. The summed E-state index contributed by atoms with van der Waals surface area (Å²) in [5.41, 5.74) is 0. The van der Waals surface area contributed by atoms with Crippen LogP contribution in [0.5, 0.6) is 0 Å². The number of carbonyl (C=O) groups is 1. The fourth-order valence-electron chi connectivity index (χ4n) is 1.75. The molecule has 1 N–H and O–H groups in total. The van der Waals surface area contributed by atoms with Gasteiger partial charge in [0, 0.05) is 13.0 Å². The third-order valence-corrected chi connectivity index (χ3v) is 2.63. The van der Waals surface area contributed by atoms with Crippen LogP contribution in [-0.2, 0) is 4.79 Å². The Kier molecular flexibility index (Phi) is 4.18. The SMILES string of the molecule is CC(C)C1NCN(CCCC(F)(F)F)C1=O. The highest BCUT2D eigenvalue weighted by molar-refractivity contribution is 5.83. The second-order valence-electron chi connectivity index (χ2n) is 4.40. The van der Waals surface area contributed by atoms with Gasteiger partial charge in [-0.05, 0) is 12.3 Å². The van der Waals surface area contributed by atoms with E-state index in [1.165, 1.54) is 4.90 Å². The number of carbonyl (C=O) groups excluding carboxylic acids is 1. The van der Waals surface area contributed by atoms with E-state index < -0.39 is 12.6 Å².